The number of nitro benzene ring substituents is 2. The minimum Gasteiger partial charge on any atom is -0.271 e. The normalized spacial score (nSPS) is 11.1. The van der Waals surface area contributed by atoms with Crippen LogP contribution in [0, 0.1) is 20.2 Å². The fraction of sp³-hybridized carbons (Fsp3) is 0. The molecule has 0 spiro atoms. The molecule has 10 heteroatoms. The number of hydrogen-bond donors (Lipinski definition) is 1. The van der Waals surface area contributed by atoms with Crippen LogP contribution in [0.3, 0.4) is 0 Å². The van der Waals surface area contributed by atoms with Gasteiger partial charge in [0.25, 0.3) is 5.69 Å². The standard InChI is InChI=1S/C18H12ClN5O4/c19-18-14(7-4-10-20-18)17(12-5-2-1-3-6-12)22-21-15-9-8-13(23(25)26)11-16(15)24(27)28/h1-11,21H. The largest absolute Gasteiger partial charge is 0.301 e. The van der Waals surface area contributed by atoms with Crippen molar-refractivity contribution in [2.45, 2.75) is 0 Å². The van der Waals surface area contributed by atoms with Crippen molar-refractivity contribution in [1.82, 2.24) is 4.98 Å². The fourth-order valence-electron chi connectivity index (χ4n) is 2.43. The van der Waals surface area contributed by atoms with Crippen molar-refractivity contribution in [3.05, 3.63) is 103 Å². The number of hydrogen-bond acceptors (Lipinski definition) is 7. The molecule has 0 unspecified atom stereocenters. The third-order valence-electron chi connectivity index (χ3n) is 3.74. The number of halogens is 1. The molecule has 1 heterocycles. The van der Waals surface area contributed by atoms with Crippen molar-refractivity contribution >= 4 is 34.4 Å². The Kier molecular flexibility index (Phi) is 5.56. The molecular weight excluding hydrogens is 386 g/mol. The molecule has 0 fully saturated rings. The Labute approximate surface area is 163 Å². The van der Waals surface area contributed by atoms with Gasteiger partial charge in [-0.2, -0.15) is 5.10 Å². The summed E-state index contributed by atoms with van der Waals surface area (Å²) in [5.41, 5.74) is 3.40. The van der Waals surface area contributed by atoms with Crippen molar-refractivity contribution in [3.63, 3.8) is 0 Å². The summed E-state index contributed by atoms with van der Waals surface area (Å²) < 4.78 is 0. The molecule has 0 atom stereocenters. The van der Waals surface area contributed by atoms with Gasteiger partial charge in [-0.15, -0.1) is 0 Å². The molecule has 0 aliphatic heterocycles. The predicted octanol–water partition coefficient (Wildman–Crippen LogP) is 4.42. The summed E-state index contributed by atoms with van der Waals surface area (Å²) in [6.45, 7) is 0. The Balaban J connectivity index is 2.07. The lowest BCUT2D eigenvalue weighted by Gasteiger charge is -2.09. The van der Waals surface area contributed by atoms with E-state index in [2.05, 4.69) is 15.5 Å². The smallest absolute Gasteiger partial charge is 0.271 e. The predicted molar refractivity (Wildman–Crippen MR) is 105 cm³/mol. The van der Waals surface area contributed by atoms with Gasteiger partial charge in [0.05, 0.1) is 15.9 Å². The van der Waals surface area contributed by atoms with Gasteiger partial charge in [0, 0.05) is 23.4 Å². The Morgan fingerprint density at radius 3 is 2.39 bits per heavy atom. The van der Waals surface area contributed by atoms with Gasteiger partial charge in [-0.1, -0.05) is 41.9 Å². The van der Waals surface area contributed by atoms with Gasteiger partial charge in [0.15, 0.2) is 0 Å². The second kappa shape index (κ2) is 8.23. The zero-order valence-corrected chi connectivity index (χ0v) is 14.9. The van der Waals surface area contributed by atoms with Crippen LogP contribution in [0.2, 0.25) is 5.15 Å². The maximum absolute atomic E-state index is 11.3. The first-order chi connectivity index (χ1) is 13.5. The highest BCUT2D eigenvalue weighted by Crippen LogP contribution is 2.29. The summed E-state index contributed by atoms with van der Waals surface area (Å²) in [5.74, 6) is 0. The lowest BCUT2D eigenvalue weighted by Crippen LogP contribution is -2.08. The van der Waals surface area contributed by atoms with E-state index in [0.717, 1.165) is 12.1 Å². The van der Waals surface area contributed by atoms with E-state index in [4.69, 9.17) is 11.6 Å². The first kappa shape index (κ1) is 18.9. The number of benzene rings is 2. The van der Waals surface area contributed by atoms with Gasteiger partial charge >= 0.3 is 5.69 Å². The van der Waals surface area contributed by atoms with Crippen LogP contribution in [0.5, 0.6) is 0 Å². The van der Waals surface area contributed by atoms with Crippen molar-refractivity contribution < 1.29 is 9.85 Å². The highest BCUT2D eigenvalue weighted by atomic mass is 35.5. The Hall–Kier alpha value is -3.85. The maximum Gasteiger partial charge on any atom is 0.301 e. The maximum atomic E-state index is 11.3. The van der Waals surface area contributed by atoms with E-state index in [1.807, 2.05) is 18.2 Å². The van der Waals surface area contributed by atoms with E-state index < -0.39 is 15.5 Å². The van der Waals surface area contributed by atoms with E-state index in [0.29, 0.717) is 16.8 Å². The lowest BCUT2D eigenvalue weighted by molar-refractivity contribution is -0.393. The molecule has 28 heavy (non-hydrogen) atoms. The zero-order chi connectivity index (χ0) is 20.1. The molecule has 2 aromatic carbocycles. The van der Waals surface area contributed by atoms with Crippen LogP contribution in [0.4, 0.5) is 17.1 Å². The number of nitro groups is 2. The van der Waals surface area contributed by atoms with Gasteiger partial charge < -0.3 is 0 Å². The summed E-state index contributed by atoms with van der Waals surface area (Å²) >= 11 is 6.19. The molecular formula is C18H12ClN5O4. The van der Waals surface area contributed by atoms with E-state index in [-0.39, 0.29) is 16.5 Å². The Bertz CT molecular complexity index is 1070. The molecule has 3 rings (SSSR count). The molecule has 0 amide bonds. The molecule has 0 aliphatic carbocycles. The molecule has 0 aliphatic rings. The molecule has 0 radical (unpaired) electrons. The Morgan fingerprint density at radius 2 is 1.75 bits per heavy atom. The van der Waals surface area contributed by atoms with Gasteiger partial charge in [-0.05, 0) is 18.2 Å². The monoisotopic (exact) mass is 397 g/mol. The molecule has 0 bridgehead atoms. The first-order valence-corrected chi connectivity index (χ1v) is 8.28. The first-order valence-electron chi connectivity index (χ1n) is 7.90. The average Bonchev–Trinajstić information content (AvgIpc) is 2.70. The molecule has 1 N–H and O–H groups in total. The Morgan fingerprint density at radius 1 is 1.00 bits per heavy atom. The van der Waals surface area contributed by atoms with Crippen LogP contribution in [0.25, 0.3) is 0 Å². The van der Waals surface area contributed by atoms with E-state index >= 15 is 0 Å². The summed E-state index contributed by atoms with van der Waals surface area (Å²) in [7, 11) is 0. The van der Waals surface area contributed by atoms with Crippen LogP contribution < -0.4 is 5.43 Å². The topological polar surface area (TPSA) is 124 Å². The van der Waals surface area contributed by atoms with E-state index in [9.17, 15) is 20.2 Å². The SMILES string of the molecule is O=[N+]([O-])c1ccc(NN=C(c2ccccc2)c2cccnc2Cl)c([N+](=O)[O-])c1. The van der Waals surface area contributed by atoms with Crippen molar-refractivity contribution in [2.24, 2.45) is 5.10 Å². The highest BCUT2D eigenvalue weighted by molar-refractivity contribution is 6.34. The number of nitrogens with zero attached hydrogens (tertiary/aromatic N) is 4. The fourth-order valence-corrected chi connectivity index (χ4v) is 2.64. The average molecular weight is 398 g/mol. The van der Waals surface area contributed by atoms with Crippen LogP contribution in [-0.4, -0.2) is 20.5 Å². The number of rotatable bonds is 6. The number of nitrogens with one attached hydrogen (secondary N) is 1. The molecule has 0 saturated heterocycles. The van der Waals surface area contributed by atoms with Crippen molar-refractivity contribution in [2.75, 3.05) is 5.43 Å². The third kappa shape index (κ3) is 4.10. The molecule has 9 nitrogen and oxygen atoms in total. The van der Waals surface area contributed by atoms with E-state index in [1.54, 1.807) is 24.3 Å². The van der Waals surface area contributed by atoms with Crippen LogP contribution in [-0.2, 0) is 0 Å². The minimum absolute atomic E-state index is 0.00374. The summed E-state index contributed by atoms with van der Waals surface area (Å²) in [6.07, 6.45) is 1.53. The number of anilines is 1. The van der Waals surface area contributed by atoms with Gasteiger partial charge in [-0.25, -0.2) is 4.98 Å². The van der Waals surface area contributed by atoms with Crippen molar-refractivity contribution in [3.8, 4) is 0 Å². The third-order valence-corrected chi connectivity index (χ3v) is 4.04. The minimum atomic E-state index is -0.718. The van der Waals surface area contributed by atoms with Gasteiger partial charge in [0.1, 0.15) is 16.6 Å². The van der Waals surface area contributed by atoms with Crippen molar-refractivity contribution in [1.29, 1.82) is 0 Å². The highest BCUT2D eigenvalue weighted by Gasteiger charge is 2.20. The quantitative estimate of drug-likeness (QED) is 0.284. The molecule has 140 valence electrons. The van der Waals surface area contributed by atoms with Gasteiger partial charge in [-0.3, -0.25) is 25.7 Å². The summed E-state index contributed by atoms with van der Waals surface area (Å²) in [6, 6.07) is 15.7. The van der Waals surface area contributed by atoms with E-state index in [1.165, 1.54) is 12.3 Å². The molecule has 3 aromatic rings. The number of pyridine rings is 1. The second-order valence-electron chi connectivity index (χ2n) is 5.50. The number of hydrazone groups is 1. The summed E-state index contributed by atoms with van der Waals surface area (Å²) in [5, 5.41) is 26.7. The summed E-state index contributed by atoms with van der Waals surface area (Å²) in [4.78, 5) is 24.8. The second-order valence-corrected chi connectivity index (χ2v) is 5.85. The molecule has 0 saturated carbocycles. The lowest BCUT2D eigenvalue weighted by atomic mass is 10.0. The zero-order valence-electron chi connectivity index (χ0n) is 14.2. The molecule has 1 aromatic heterocycles. The van der Waals surface area contributed by atoms with Gasteiger partial charge in [0.2, 0.25) is 0 Å². The number of aromatic nitrogens is 1. The number of non-ortho nitro benzene ring substituents is 1. The van der Waals surface area contributed by atoms with Crippen LogP contribution in [0.1, 0.15) is 11.1 Å². The van der Waals surface area contributed by atoms with Crippen LogP contribution >= 0.6 is 11.6 Å². The van der Waals surface area contributed by atoms with Crippen LogP contribution in [0.15, 0.2) is 72.0 Å².